The molecular weight excluding hydrogens is 142 g/mol. The van der Waals surface area contributed by atoms with E-state index in [4.69, 9.17) is 0 Å². The van der Waals surface area contributed by atoms with Gasteiger partial charge in [0.05, 0.1) is 12.2 Å². The lowest BCUT2D eigenvalue weighted by atomic mass is 10.0. The molecule has 1 rings (SSSR count). The highest BCUT2D eigenvalue weighted by molar-refractivity contribution is 4.80. The van der Waals surface area contributed by atoms with E-state index in [0.29, 0.717) is 19.0 Å². The zero-order valence-corrected chi connectivity index (χ0v) is 7.20. The van der Waals surface area contributed by atoms with Gasteiger partial charge in [-0.1, -0.05) is 0 Å². The molecule has 1 aliphatic rings. The number of piperidine rings is 1. The van der Waals surface area contributed by atoms with Crippen LogP contribution in [0, 0.1) is 0 Å². The Bertz CT molecular complexity index is 127. The summed E-state index contributed by atoms with van der Waals surface area (Å²) < 4.78 is 0. The molecule has 0 aromatic rings. The fourth-order valence-corrected chi connectivity index (χ4v) is 1.41. The highest BCUT2D eigenvalue weighted by atomic mass is 16.3. The normalized spacial score (nSPS) is 34.6. The standard InChI is InChI=1S/C8H17NO2/c1-6(2)9-4-3-7(10)8(11)5-9/h6-8,10-11H,3-5H2,1-2H3/t7-,8+/m1/s1. The molecule has 2 atom stereocenters. The van der Waals surface area contributed by atoms with Gasteiger partial charge in [0.25, 0.3) is 0 Å². The fraction of sp³-hybridized carbons (Fsp3) is 1.00. The van der Waals surface area contributed by atoms with Crippen LogP contribution >= 0.6 is 0 Å². The molecule has 66 valence electrons. The van der Waals surface area contributed by atoms with E-state index in [1.165, 1.54) is 0 Å². The first-order valence-electron chi connectivity index (χ1n) is 4.21. The molecule has 11 heavy (non-hydrogen) atoms. The second-order valence-corrected chi connectivity index (χ2v) is 3.51. The fourth-order valence-electron chi connectivity index (χ4n) is 1.41. The Labute approximate surface area is 67.6 Å². The second kappa shape index (κ2) is 3.52. The number of aliphatic hydroxyl groups is 2. The zero-order valence-electron chi connectivity index (χ0n) is 7.20. The van der Waals surface area contributed by atoms with Gasteiger partial charge in [-0.05, 0) is 20.3 Å². The van der Waals surface area contributed by atoms with Crippen LogP contribution in [0.3, 0.4) is 0 Å². The molecule has 0 aromatic heterocycles. The summed E-state index contributed by atoms with van der Waals surface area (Å²) in [6, 6.07) is 0.470. The minimum absolute atomic E-state index is 0.470. The Balaban J connectivity index is 2.40. The van der Waals surface area contributed by atoms with E-state index in [9.17, 15) is 10.2 Å². The molecule has 1 fully saturated rings. The Morgan fingerprint density at radius 2 is 1.91 bits per heavy atom. The molecule has 1 heterocycles. The van der Waals surface area contributed by atoms with Crippen molar-refractivity contribution in [1.82, 2.24) is 4.90 Å². The van der Waals surface area contributed by atoms with Gasteiger partial charge < -0.3 is 10.2 Å². The molecule has 3 nitrogen and oxygen atoms in total. The maximum absolute atomic E-state index is 9.31. The first-order valence-corrected chi connectivity index (χ1v) is 4.21. The summed E-state index contributed by atoms with van der Waals surface area (Å²) in [6.07, 6.45) is -0.365. The number of hydrogen-bond donors (Lipinski definition) is 2. The first-order chi connectivity index (χ1) is 5.11. The maximum Gasteiger partial charge on any atom is 0.0926 e. The number of hydrogen-bond acceptors (Lipinski definition) is 3. The van der Waals surface area contributed by atoms with Crippen molar-refractivity contribution in [2.24, 2.45) is 0 Å². The first kappa shape index (κ1) is 8.97. The second-order valence-electron chi connectivity index (χ2n) is 3.51. The lowest BCUT2D eigenvalue weighted by molar-refractivity contribution is -0.0456. The zero-order chi connectivity index (χ0) is 8.43. The molecule has 0 bridgehead atoms. The van der Waals surface area contributed by atoms with Crippen LogP contribution in [0.2, 0.25) is 0 Å². The molecule has 0 unspecified atom stereocenters. The lowest BCUT2D eigenvalue weighted by Gasteiger charge is -2.35. The van der Waals surface area contributed by atoms with E-state index >= 15 is 0 Å². The van der Waals surface area contributed by atoms with Gasteiger partial charge in [-0.2, -0.15) is 0 Å². The topological polar surface area (TPSA) is 43.7 Å². The Kier molecular flexibility index (Phi) is 2.87. The molecule has 3 heteroatoms. The number of rotatable bonds is 1. The predicted octanol–water partition coefficient (Wildman–Crippen LogP) is -0.178. The predicted molar refractivity (Wildman–Crippen MR) is 43.3 cm³/mol. The summed E-state index contributed by atoms with van der Waals surface area (Å²) in [7, 11) is 0. The Morgan fingerprint density at radius 3 is 2.36 bits per heavy atom. The minimum Gasteiger partial charge on any atom is -0.390 e. The van der Waals surface area contributed by atoms with Crippen molar-refractivity contribution in [3.63, 3.8) is 0 Å². The summed E-state index contributed by atoms with van der Waals surface area (Å²) in [5.74, 6) is 0. The van der Waals surface area contributed by atoms with E-state index in [1.807, 2.05) is 0 Å². The smallest absolute Gasteiger partial charge is 0.0926 e. The van der Waals surface area contributed by atoms with Crippen molar-refractivity contribution in [2.45, 2.75) is 38.5 Å². The van der Waals surface area contributed by atoms with Gasteiger partial charge in [0.1, 0.15) is 0 Å². The number of nitrogens with zero attached hydrogens (tertiary/aromatic N) is 1. The molecule has 0 aliphatic carbocycles. The molecule has 0 amide bonds. The van der Waals surface area contributed by atoms with Crippen LogP contribution in [0.25, 0.3) is 0 Å². The molecular formula is C8H17NO2. The third-order valence-electron chi connectivity index (χ3n) is 2.31. The monoisotopic (exact) mass is 159 g/mol. The van der Waals surface area contributed by atoms with Crippen molar-refractivity contribution >= 4 is 0 Å². The van der Waals surface area contributed by atoms with Gasteiger partial charge in [-0.3, -0.25) is 4.90 Å². The molecule has 0 radical (unpaired) electrons. The Hall–Kier alpha value is -0.120. The summed E-state index contributed by atoms with van der Waals surface area (Å²) >= 11 is 0. The van der Waals surface area contributed by atoms with Gasteiger partial charge in [-0.15, -0.1) is 0 Å². The lowest BCUT2D eigenvalue weighted by Crippen LogP contribution is -2.49. The Morgan fingerprint density at radius 1 is 1.27 bits per heavy atom. The molecule has 1 aliphatic heterocycles. The van der Waals surface area contributed by atoms with Crippen LogP contribution in [0.4, 0.5) is 0 Å². The van der Waals surface area contributed by atoms with Crippen LogP contribution in [0.1, 0.15) is 20.3 Å². The van der Waals surface area contributed by atoms with Crippen molar-refractivity contribution in [3.8, 4) is 0 Å². The van der Waals surface area contributed by atoms with Crippen LogP contribution in [-0.2, 0) is 0 Å². The maximum atomic E-state index is 9.31. The van der Waals surface area contributed by atoms with E-state index in [-0.39, 0.29) is 0 Å². The highest BCUT2D eigenvalue weighted by Crippen LogP contribution is 2.12. The van der Waals surface area contributed by atoms with Gasteiger partial charge in [-0.25, -0.2) is 0 Å². The van der Waals surface area contributed by atoms with Crippen molar-refractivity contribution < 1.29 is 10.2 Å². The van der Waals surface area contributed by atoms with Crippen LogP contribution in [-0.4, -0.2) is 46.5 Å². The summed E-state index contributed by atoms with van der Waals surface area (Å²) in [6.45, 7) is 5.71. The van der Waals surface area contributed by atoms with Crippen molar-refractivity contribution in [3.05, 3.63) is 0 Å². The largest absolute Gasteiger partial charge is 0.390 e. The summed E-state index contributed by atoms with van der Waals surface area (Å²) in [4.78, 5) is 2.18. The number of aliphatic hydroxyl groups excluding tert-OH is 2. The van der Waals surface area contributed by atoms with E-state index < -0.39 is 12.2 Å². The molecule has 0 saturated carbocycles. The number of likely N-dealkylation sites (tertiary alicyclic amines) is 1. The van der Waals surface area contributed by atoms with E-state index in [1.54, 1.807) is 0 Å². The molecule has 0 spiro atoms. The summed E-state index contributed by atoms with van der Waals surface area (Å²) in [5.41, 5.74) is 0. The van der Waals surface area contributed by atoms with Gasteiger partial charge >= 0.3 is 0 Å². The molecule has 2 N–H and O–H groups in total. The quantitative estimate of drug-likeness (QED) is 0.558. The van der Waals surface area contributed by atoms with Gasteiger partial charge in [0.15, 0.2) is 0 Å². The number of β-amino-alcohol motifs (C(OH)–C–C–N with tert-alkyl or cyclic N) is 1. The average molecular weight is 159 g/mol. The third-order valence-corrected chi connectivity index (χ3v) is 2.31. The van der Waals surface area contributed by atoms with Crippen molar-refractivity contribution in [2.75, 3.05) is 13.1 Å². The van der Waals surface area contributed by atoms with E-state index in [2.05, 4.69) is 18.7 Å². The highest BCUT2D eigenvalue weighted by Gasteiger charge is 2.26. The van der Waals surface area contributed by atoms with Gasteiger partial charge in [0, 0.05) is 19.1 Å². The van der Waals surface area contributed by atoms with Crippen molar-refractivity contribution in [1.29, 1.82) is 0 Å². The van der Waals surface area contributed by atoms with E-state index in [0.717, 1.165) is 6.54 Å². The molecule has 1 saturated heterocycles. The minimum atomic E-state index is -0.550. The summed E-state index contributed by atoms with van der Waals surface area (Å²) in [5, 5.41) is 18.5. The van der Waals surface area contributed by atoms with Crippen LogP contribution < -0.4 is 0 Å². The van der Waals surface area contributed by atoms with Crippen LogP contribution in [0.5, 0.6) is 0 Å². The third kappa shape index (κ3) is 2.15. The average Bonchev–Trinajstić information content (AvgIpc) is 1.94. The molecule has 0 aromatic carbocycles. The van der Waals surface area contributed by atoms with Crippen LogP contribution in [0.15, 0.2) is 0 Å². The van der Waals surface area contributed by atoms with Gasteiger partial charge in [0.2, 0.25) is 0 Å². The SMILES string of the molecule is CC(C)N1CC[C@@H](O)[C@@H](O)C1.